The normalized spacial score (nSPS) is 36.6. The Hall–Kier alpha value is 0.960. The van der Waals surface area contributed by atoms with Gasteiger partial charge in [0, 0.05) is 9.65 Å². The van der Waals surface area contributed by atoms with Crippen LogP contribution in [-0.4, -0.2) is 9.65 Å². The summed E-state index contributed by atoms with van der Waals surface area (Å²) in [6.07, 6.45) is 8.28. The maximum absolute atomic E-state index is 3.68. The molecule has 0 aromatic heterocycles. The van der Waals surface area contributed by atoms with Gasteiger partial charge in [0.05, 0.1) is 0 Å². The number of halogens is 2. The van der Waals surface area contributed by atoms with E-state index in [0.29, 0.717) is 0 Å². The summed E-state index contributed by atoms with van der Waals surface area (Å²) >= 11 is 7.37. The van der Waals surface area contributed by atoms with Gasteiger partial charge < -0.3 is 0 Å². The lowest BCUT2D eigenvalue weighted by molar-refractivity contribution is 0.530. The highest BCUT2D eigenvalue weighted by Crippen LogP contribution is 2.26. The molecule has 0 nitrogen and oxygen atoms in total. The molecular weight excluding hydrogens is 256 g/mol. The third-order valence-corrected chi connectivity index (χ3v) is 3.71. The van der Waals surface area contributed by atoms with Crippen LogP contribution in [0.3, 0.4) is 0 Å². The zero-order valence-electron chi connectivity index (χ0n) is 6.15. The second-order valence-electron chi connectivity index (χ2n) is 3.07. The molecule has 1 aliphatic rings. The fraction of sp³-hybridized carbons (Fsp3) is 1.00. The molecule has 0 N–H and O–H groups in total. The first-order chi connectivity index (χ1) is 4.79. The van der Waals surface area contributed by atoms with Crippen LogP contribution in [0.2, 0.25) is 0 Å². The molecule has 0 saturated heterocycles. The van der Waals surface area contributed by atoms with Crippen LogP contribution >= 0.6 is 31.9 Å². The maximum atomic E-state index is 3.68. The standard InChI is InChI=1S/C8H14Br2/c9-7-4-2-1-3-5-8(10)6-7/h7-8H,1-6H2. The third-order valence-electron chi connectivity index (χ3n) is 2.05. The molecule has 0 amide bonds. The van der Waals surface area contributed by atoms with Crippen molar-refractivity contribution in [2.75, 3.05) is 0 Å². The molecule has 1 fully saturated rings. The lowest BCUT2D eigenvalue weighted by Crippen LogP contribution is -2.10. The number of alkyl halides is 2. The number of hydrogen-bond donors (Lipinski definition) is 0. The van der Waals surface area contributed by atoms with Crippen LogP contribution in [0.5, 0.6) is 0 Å². The van der Waals surface area contributed by atoms with Crippen LogP contribution in [0.1, 0.15) is 38.5 Å². The summed E-state index contributed by atoms with van der Waals surface area (Å²) in [5.74, 6) is 0. The monoisotopic (exact) mass is 268 g/mol. The van der Waals surface area contributed by atoms with Crippen LogP contribution in [0.25, 0.3) is 0 Å². The van der Waals surface area contributed by atoms with Gasteiger partial charge in [-0.05, 0) is 19.3 Å². The summed E-state index contributed by atoms with van der Waals surface area (Å²) < 4.78 is 0. The molecule has 0 aliphatic heterocycles. The van der Waals surface area contributed by atoms with E-state index in [0.717, 1.165) is 9.65 Å². The largest absolute Gasteiger partial charge is 0.0890 e. The van der Waals surface area contributed by atoms with E-state index in [-0.39, 0.29) is 0 Å². The first-order valence-corrected chi connectivity index (χ1v) is 5.90. The van der Waals surface area contributed by atoms with Crippen molar-refractivity contribution in [1.29, 1.82) is 0 Å². The second kappa shape index (κ2) is 4.76. The van der Waals surface area contributed by atoms with Crippen molar-refractivity contribution in [3.05, 3.63) is 0 Å². The summed E-state index contributed by atoms with van der Waals surface area (Å²) in [4.78, 5) is 1.52. The van der Waals surface area contributed by atoms with Gasteiger partial charge >= 0.3 is 0 Å². The van der Waals surface area contributed by atoms with Crippen LogP contribution in [-0.2, 0) is 0 Å². The maximum Gasteiger partial charge on any atom is 0.0156 e. The Labute approximate surface area is 80.0 Å². The highest BCUT2D eigenvalue weighted by Gasteiger charge is 2.13. The van der Waals surface area contributed by atoms with Crippen molar-refractivity contribution in [3.8, 4) is 0 Å². The zero-order valence-corrected chi connectivity index (χ0v) is 9.33. The van der Waals surface area contributed by atoms with Crippen LogP contribution in [0.15, 0.2) is 0 Å². The molecule has 1 aliphatic carbocycles. The predicted molar refractivity (Wildman–Crippen MR) is 53.1 cm³/mol. The molecule has 0 spiro atoms. The summed E-state index contributed by atoms with van der Waals surface area (Å²) in [5.41, 5.74) is 0. The Bertz CT molecular complexity index is 83.3. The van der Waals surface area contributed by atoms with E-state index in [2.05, 4.69) is 31.9 Å². The van der Waals surface area contributed by atoms with Crippen molar-refractivity contribution in [2.45, 2.75) is 48.2 Å². The van der Waals surface area contributed by atoms with Crippen molar-refractivity contribution in [3.63, 3.8) is 0 Å². The van der Waals surface area contributed by atoms with Crippen molar-refractivity contribution < 1.29 is 0 Å². The van der Waals surface area contributed by atoms with E-state index in [1.54, 1.807) is 0 Å². The van der Waals surface area contributed by atoms with Gasteiger partial charge in [0.15, 0.2) is 0 Å². The lowest BCUT2D eigenvalue weighted by Gasteiger charge is -2.17. The molecule has 1 saturated carbocycles. The van der Waals surface area contributed by atoms with Crippen LogP contribution in [0, 0.1) is 0 Å². The molecule has 10 heavy (non-hydrogen) atoms. The topological polar surface area (TPSA) is 0 Å². The van der Waals surface area contributed by atoms with Gasteiger partial charge in [0.25, 0.3) is 0 Å². The molecule has 0 bridgehead atoms. The SMILES string of the molecule is BrC1CCCCCC(Br)C1. The average molecular weight is 270 g/mol. The third kappa shape index (κ3) is 3.38. The van der Waals surface area contributed by atoms with E-state index in [9.17, 15) is 0 Å². The first kappa shape index (κ1) is 9.05. The Kier molecular flexibility index (Phi) is 4.31. The minimum atomic E-state index is 0.761. The molecular formula is C8H14Br2. The van der Waals surface area contributed by atoms with E-state index < -0.39 is 0 Å². The van der Waals surface area contributed by atoms with Gasteiger partial charge in [-0.3, -0.25) is 0 Å². The highest BCUT2D eigenvalue weighted by molar-refractivity contribution is 9.10. The summed E-state index contributed by atoms with van der Waals surface area (Å²) in [7, 11) is 0. The first-order valence-electron chi connectivity index (χ1n) is 4.07. The molecule has 2 unspecified atom stereocenters. The highest BCUT2D eigenvalue weighted by atomic mass is 79.9. The van der Waals surface area contributed by atoms with E-state index >= 15 is 0 Å². The summed E-state index contributed by atoms with van der Waals surface area (Å²) in [5, 5.41) is 0. The molecule has 2 atom stereocenters. The van der Waals surface area contributed by atoms with Gasteiger partial charge in [-0.25, -0.2) is 0 Å². The lowest BCUT2D eigenvalue weighted by atomic mass is 10.0. The Morgan fingerprint density at radius 2 is 1.30 bits per heavy atom. The van der Waals surface area contributed by atoms with Crippen molar-refractivity contribution >= 4 is 31.9 Å². The smallest absolute Gasteiger partial charge is 0.0156 e. The number of hydrogen-bond acceptors (Lipinski definition) is 0. The Morgan fingerprint density at radius 1 is 0.800 bits per heavy atom. The molecule has 0 radical (unpaired) electrons. The predicted octanol–water partition coefficient (Wildman–Crippen LogP) is 3.87. The van der Waals surface area contributed by atoms with Gasteiger partial charge in [-0.2, -0.15) is 0 Å². The number of rotatable bonds is 0. The molecule has 0 heterocycles. The van der Waals surface area contributed by atoms with Crippen LogP contribution < -0.4 is 0 Å². The second-order valence-corrected chi connectivity index (χ2v) is 5.66. The van der Waals surface area contributed by atoms with Crippen molar-refractivity contribution in [2.24, 2.45) is 0 Å². The Morgan fingerprint density at radius 3 is 1.80 bits per heavy atom. The van der Waals surface area contributed by atoms with Gasteiger partial charge in [0.2, 0.25) is 0 Å². The quantitative estimate of drug-likeness (QED) is 0.586. The molecule has 0 aromatic carbocycles. The molecule has 1 rings (SSSR count). The Balaban J connectivity index is 2.25. The van der Waals surface area contributed by atoms with E-state index in [1.165, 1.54) is 38.5 Å². The van der Waals surface area contributed by atoms with Crippen LogP contribution in [0.4, 0.5) is 0 Å². The van der Waals surface area contributed by atoms with Gasteiger partial charge in [0.1, 0.15) is 0 Å². The summed E-state index contributed by atoms with van der Waals surface area (Å²) in [6.45, 7) is 0. The fourth-order valence-corrected chi connectivity index (χ4v) is 3.47. The van der Waals surface area contributed by atoms with E-state index in [4.69, 9.17) is 0 Å². The molecule has 2 heteroatoms. The molecule has 60 valence electrons. The minimum Gasteiger partial charge on any atom is -0.0890 e. The average Bonchev–Trinajstić information content (AvgIpc) is 1.83. The zero-order chi connectivity index (χ0) is 7.40. The molecule has 0 aromatic rings. The van der Waals surface area contributed by atoms with Gasteiger partial charge in [-0.15, -0.1) is 0 Å². The van der Waals surface area contributed by atoms with E-state index in [1.807, 2.05) is 0 Å². The fourth-order valence-electron chi connectivity index (χ4n) is 1.42. The summed E-state index contributed by atoms with van der Waals surface area (Å²) in [6, 6.07) is 0. The van der Waals surface area contributed by atoms with Gasteiger partial charge in [-0.1, -0.05) is 51.1 Å². The minimum absolute atomic E-state index is 0.761. The van der Waals surface area contributed by atoms with Crippen molar-refractivity contribution in [1.82, 2.24) is 0 Å².